The number of benzene rings is 1. The topological polar surface area (TPSA) is 56.5 Å². The molecule has 0 fully saturated rings. The lowest BCUT2D eigenvalue weighted by molar-refractivity contribution is -0.128. The summed E-state index contributed by atoms with van der Waals surface area (Å²) >= 11 is 0. The van der Waals surface area contributed by atoms with Crippen LogP contribution < -0.4 is 10.4 Å². The molecule has 0 aliphatic heterocycles. The summed E-state index contributed by atoms with van der Waals surface area (Å²) in [4.78, 5) is 22.8. The van der Waals surface area contributed by atoms with Gasteiger partial charge in [0.15, 0.2) is 5.78 Å². The third-order valence-corrected chi connectivity index (χ3v) is 2.80. The molecule has 4 nitrogen and oxygen atoms in total. The molecular formula is C15H16O4. The number of fused-ring (bicyclic) bond motifs is 1. The van der Waals surface area contributed by atoms with Crippen molar-refractivity contribution in [2.24, 2.45) is 5.41 Å². The molecule has 0 N–H and O–H groups in total. The molecule has 0 saturated carbocycles. The molecule has 0 aliphatic carbocycles. The average Bonchev–Trinajstić information content (AvgIpc) is 2.34. The molecule has 0 radical (unpaired) electrons. The molecule has 1 aromatic heterocycles. The average molecular weight is 260 g/mol. The first kappa shape index (κ1) is 13.3. The minimum Gasteiger partial charge on any atom is -0.486 e. The van der Waals surface area contributed by atoms with E-state index >= 15 is 0 Å². The number of hydrogen-bond acceptors (Lipinski definition) is 4. The fraction of sp³-hybridized carbons (Fsp3) is 0.333. The molecule has 0 amide bonds. The molecule has 1 aromatic carbocycles. The van der Waals surface area contributed by atoms with Crippen molar-refractivity contribution in [1.29, 1.82) is 0 Å². The lowest BCUT2D eigenvalue weighted by Crippen LogP contribution is -2.26. The Hall–Kier alpha value is -2.10. The second-order valence-corrected chi connectivity index (χ2v) is 5.42. The van der Waals surface area contributed by atoms with Gasteiger partial charge in [-0.25, -0.2) is 4.79 Å². The van der Waals surface area contributed by atoms with Gasteiger partial charge in [0.25, 0.3) is 0 Å². The third-order valence-electron chi connectivity index (χ3n) is 2.80. The highest BCUT2D eigenvalue weighted by molar-refractivity contribution is 5.85. The summed E-state index contributed by atoms with van der Waals surface area (Å²) < 4.78 is 10.5. The Kier molecular flexibility index (Phi) is 3.42. The molecule has 0 bridgehead atoms. The second-order valence-electron chi connectivity index (χ2n) is 5.42. The molecule has 100 valence electrons. The first-order chi connectivity index (χ1) is 8.86. The zero-order valence-corrected chi connectivity index (χ0v) is 11.2. The largest absolute Gasteiger partial charge is 0.486 e. The highest BCUT2D eigenvalue weighted by Gasteiger charge is 2.21. The molecule has 0 spiro atoms. The van der Waals surface area contributed by atoms with Gasteiger partial charge in [-0.3, -0.25) is 4.79 Å². The molecule has 0 saturated heterocycles. The van der Waals surface area contributed by atoms with E-state index in [2.05, 4.69) is 0 Å². The summed E-state index contributed by atoms with van der Waals surface area (Å²) in [5.41, 5.74) is -0.296. The number of carbonyl (C=O) groups excluding carboxylic acids is 1. The Labute approximate surface area is 111 Å². The molecule has 0 aliphatic rings. The highest BCUT2D eigenvalue weighted by Crippen LogP contribution is 2.21. The van der Waals surface area contributed by atoms with E-state index in [-0.39, 0.29) is 18.0 Å². The normalized spacial score (nSPS) is 11.5. The molecular weight excluding hydrogens is 244 g/mol. The van der Waals surface area contributed by atoms with E-state index in [9.17, 15) is 9.59 Å². The molecule has 0 unspecified atom stereocenters. The SMILES string of the molecule is CC(C)(C)C(=O)COc1ccc2oc(=O)ccc2c1. The minimum absolute atomic E-state index is 0.0335. The Morgan fingerprint density at radius 2 is 1.95 bits per heavy atom. The number of hydrogen-bond donors (Lipinski definition) is 0. The van der Waals surface area contributed by atoms with E-state index in [1.807, 2.05) is 20.8 Å². The van der Waals surface area contributed by atoms with Crippen LogP contribution in [0.5, 0.6) is 5.75 Å². The fourth-order valence-electron chi connectivity index (χ4n) is 1.51. The monoisotopic (exact) mass is 260 g/mol. The van der Waals surface area contributed by atoms with Crippen molar-refractivity contribution in [3.63, 3.8) is 0 Å². The standard InChI is InChI=1S/C15H16O4/c1-15(2,3)13(16)9-18-11-5-6-12-10(8-11)4-7-14(17)19-12/h4-8H,9H2,1-3H3. The van der Waals surface area contributed by atoms with Crippen molar-refractivity contribution in [3.8, 4) is 5.75 Å². The third kappa shape index (κ3) is 3.22. The van der Waals surface area contributed by atoms with E-state index in [0.29, 0.717) is 11.3 Å². The van der Waals surface area contributed by atoms with Crippen LogP contribution in [0.25, 0.3) is 11.0 Å². The minimum atomic E-state index is -0.413. The van der Waals surface area contributed by atoms with Gasteiger partial charge in [-0.15, -0.1) is 0 Å². The van der Waals surface area contributed by atoms with Gasteiger partial charge >= 0.3 is 5.63 Å². The zero-order valence-electron chi connectivity index (χ0n) is 11.2. The molecule has 19 heavy (non-hydrogen) atoms. The number of ether oxygens (including phenoxy) is 1. The summed E-state index contributed by atoms with van der Waals surface area (Å²) in [6.45, 7) is 5.60. The van der Waals surface area contributed by atoms with Crippen molar-refractivity contribution < 1.29 is 13.9 Å². The van der Waals surface area contributed by atoms with Gasteiger partial charge in [0.1, 0.15) is 17.9 Å². The smallest absolute Gasteiger partial charge is 0.336 e. The van der Waals surface area contributed by atoms with Gasteiger partial charge in [0.05, 0.1) is 0 Å². The summed E-state index contributed by atoms with van der Waals surface area (Å²) in [5.74, 6) is 0.617. The number of Topliss-reactive ketones (excluding diaryl/α,β-unsaturated/α-hetero) is 1. The Balaban J connectivity index is 2.16. The van der Waals surface area contributed by atoms with Crippen LogP contribution in [0.4, 0.5) is 0 Å². The lowest BCUT2D eigenvalue weighted by Gasteiger charge is -2.16. The van der Waals surface area contributed by atoms with Crippen molar-refractivity contribution in [2.75, 3.05) is 6.61 Å². The number of rotatable bonds is 3. The molecule has 2 aromatic rings. The fourth-order valence-corrected chi connectivity index (χ4v) is 1.51. The van der Waals surface area contributed by atoms with E-state index in [0.717, 1.165) is 5.39 Å². The molecule has 2 rings (SSSR count). The van der Waals surface area contributed by atoms with Crippen LogP contribution in [0.1, 0.15) is 20.8 Å². The summed E-state index contributed by atoms with van der Waals surface area (Å²) in [7, 11) is 0. The van der Waals surface area contributed by atoms with Crippen LogP contribution in [0.2, 0.25) is 0 Å². The first-order valence-electron chi connectivity index (χ1n) is 6.06. The van der Waals surface area contributed by atoms with Crippen molar-refractivity contribution >= 4 is 16.8 Å². The quantitative estimate of drug-likeness (QED) is 0.796. The van der Waals surface area contributed by atoms with Crippen LogP contribution in [-0.2, 0) is 4.79 Å². The van der Waals surface area contributed by atoms with Gasteiger partial charge < -0.3 is 9.15 Å². The maximum absolute atomic E-state index is 11.8. The van der Waals surface area contributed by atoms with Crippen LogP contribution in [0.3, 0.4) is 0 Å². The summed E-state index contributed by atoms with van der Waals surface area (Å²) in [6.07, 6.45) is 0. The van der Waals surface area contributed by atoms with Gasteiger partial charge in [-0.05, 0) is 24.3 Å². The predicted molar refractivity (Wildman–Crippen MR) is 72.4 cm³/mol. The van der Waals surface area contributed by atoms with Gasteiger partial charge in [-0.2, -0.15) is 0 Å². The Bertz CT molecular complexity index is 662. The van der Waals surface area contributed by atoms with Crippen LogP contribution >= 0.6 is 0 Å². The predicted octanol–water partition coefficient (Wildman–Crippen LogP) is 2.79. The van der Waals surface area contributed by atoms with Gasteiger partial charge in [0, 0.05) is 16.9 Å². The van der Waals surface area contributed by atoms with E-state index < -0.39 is 5.41 Å². The Morgan fingerprint density at radius 3 is 2.63 bits per heavy atom. The second kappa shape index (κ2) is 4.88. The van der Waals surface area contributed by atoms with Crippen LogP contribution in [-0.4, -0.2) is 12.4 Å². The van der Waals surface area contributed by atoms with Crippen molar-refractivity contribution in [2.45, 2.75) is 20.8 Å². The summed E-state index contributed by atoms with van der Waals surface area (Å²) in [5, 5.41) is 0.764. The van der Waals surface area contributed by atoms with Crippen LogP contribution in [0, 0.1) is 5.41 Å². The zero-order chi connectivity index (χ0) is 14.0. The van der Waals surface area contributed by atoms with Crippen molar-refractivity contribution in [1.82, 2.24) is 0 Å². The lowest BCUT2D eigenvalue weighted by atomic mass is 9.91. The Morgan fingerprint density at radius 1 is 1.21 bits per heavy atom. The molecule has 0 atom stereocenters. The maximum Gasteiger partial charge on any atom is 0.336 e. The number of ketones is 1. The number of carbonyl (C=O) groups is 1. The van der Waals surface area contributed by atoms with E-state index in [1.165, 1.54) is 6.07 Å². The van der Waals surface area contributed by atoms with E-state index in [4.69, 9.17) is 9.15 Å². The van der Waals surface area contributed by atoms with Gasteiger partial charge in [-0.1, -0.05) is 20.8 Å². The summed E-state index contributed by atoms with van der Waals surface area (Å²) in [6, 6.07) is 8.11. The van der Waals surface area contributed by atoms with Crippen LogP contribution in [0.15, 0.2) is 39.5 Å². The van der Waals surface area contributed by atoms with E-state index in [1.54, 1.807) is 24.3 Å². The highest BCUT2D eigenvalue weighted by atomic mass is 16.5. The maximum atomic E-state index is 11.8. The molecule has 4 heteroatoms. The van der Waals surface area contributed by atoms with Gasteiger partial charge in [0.2, 0.25) is 0 Å². The first-order valence-corrected chi connectivity index (χ1v) is 6.06. The molecule has 1 heterocycles. The van der Waals surface area contributed by atoms with Crippen molar-refractivity contribution in [3.05, 3.63) is 40.8 Å².